The van der Waals surface area contributed by atoms with Crippen LogP contribution in [-0.4, -0.2) is 19.1 Å². The van der Waals surface area contributed by atoms with E-state index < -0.39 is 0 Å². The van der Waals surface area contributed by atoms with Crippen molar-refractivity contribution in [3.63, 3.8) is 0 Å². The molecule has 2 heterocycles. The zero-order valence-corrected chi connectivity index (χ0v) is 12.2. The number of halogens is 1. The zero-order chi connectivity index (χ0) is 13.1. The second kappa shape index (κ2) is 5.59. The topological polar surface area (TPSA) is 28.2 Å². The first-order valence-corrected chi connectivity index (χ1v) is 6.96. The van der Waals surface area contributed by atoms with Gasteiger partial charge in [0.25, 0.3) is 0 Å². The Hall–Kier alpha value is -1.26. The van der Waals surface area contributed by atoms with Crippen LogP contribution in [0.25, 0.3) is 0 Å². The summed E-state index contributed by atoms with van der Waals surface area (Å²) in [5.74, 6) is 0.951. The average molecular weight is 282 g/mol. The van der Waals surface area contributed by atoms with Gasteiger partial charge in [-0.25, -0.2) is 4.98 Å². The molecule has 0 fully saturated rings. The fraction of sp³-hybridized carbons (Fsp3) is 0.308. The highest BCUT2D eigenvalue weighted by atomic mass is 35.5. The van der Waals surface area contributed by atoms with E-state index >= 15 is 0 Å². The fourth-order valence-electron chi connectivity index (χ4n) is 1.62. The van der Waals surface area contributed by atoms with Gasteiger partial charge < -0.3 is 10.2 Å². The molecule has 96 valence electrons. The third-order valence-corrected chi connectivity index (χ3v) is 3.79. The van der Waals surface area contributed by atoms with E-state index in [1.165, 1.54) is 5.56 Å². The van der Waals surface area contributed by atoms with Gasteiger partial charge in [0.15, 0.2) is 0 Å². The summed E-state index contributed by atoms with van der Waals surface area (Å²) in [5.41, 5.74) is 2.21. The minimum atomic E-state index is 0.223. The van der Waals surface area contributed by atoms with Crippen molar-refractivity contribution in [1.82, 2.24) is 4.98 Å². The molecule has 0 saturated heterocycles. The number of thiophene rings is 1. The van der Waals surface area contributed by atoms with Crippen molar-refractivity contribution in [3.8, 4) is 0 Å². The van der Waals surface area contributed by atoms with Crippen LogP contribution in [0.15, 0.2) is 29.8 Å². The number of hydrogen-bond donors (Lipinski definition) is 1. The molecule has 0 aliphatic rings. The lowest BCUT2D eigenvalue weighted by Gasteiger charge is -2.15. The van der Waals surface area contributed by atoms with E-state index in [4.69, 9.17) is 11.6 Å². The lowest BCUT2D eigenvalue weighted by Crippen LogP contribution is -2.11. The van der Waals surface area contributed by atoms with Crippen molar-refractivity contribution < 1.29 is 0 Å². The fourth-order valence-corrected chi connectivity index (χ4v) is 2.60. The normalized spacial score (nSPS) is 12.2. The first-order valence-electron chi connectivity index (χ1n) is 5.70. The van der Waals surface area contributed by atoms with Gasteiger partial charge in [0.2, 0.25) is 0 Å². The van der Waals surface area contributed by atoms with Crippen LogP contribution in [0.1, 0.15) is 18.5 Å². The standard InChI is InChI=1S/C13H16ClN3S/c1-9(10-6-12(14)18-8-10)16-11-4-5-13(15-7-11)17(2)3/h4-9,16H,1-3H3. The van der Waals surface area contributed by atoms with Crippen molar-refractivity contribution in [2.75, 3.05) is 24.3 Å². The number of hydrogen-bond acceptors (Lipinski definition) is 4. The molecule has 3 nitrogen and oxygen atoms in total. The second-order valence-electron chi connectivity index (χ2n) is 4.35. The summed E-state index contributed by atoms with van der Waals surface area (Å²) in [4.78, 5) is 6.35. The van der Waals surface area contributed by atoms with Crippen molar-refractivity contribution in [3.05, 3.63) is 39.7 Å². The monoisotopic (exact) mass is 281 g/mol. The largest absolute Gasteiger partial charge is 0.377 e. The number of anilines is 2. The molecular formula is C13H16ClN3S. The molecule has 0 spiro atoms. The molecule has 2 aromatic rings. The molecule has 1 unspecified atom stereocenters. The van der Waals surface area contributed by atoms with Crippen molar-refractivity contribution in [1.29, 1.82) is 0 Å². The first kappa shape index (κ1) is 13.2. The summed E-state index contributed by atoms with van der Waals surface area (Å²) in [6.45, 7) is 2.11. The highest BCUT2D eigenvalue weighted by Crippen LogP contribution is 2.27. The Kier molecular flexibility index (Phi) is 4.09. The Morgan fingerprint density at radius 1 is 1.39 bits per heavy atom. The summed E-state index contributed by atoms with van der Waals surface area (Å²) < 4.78 is 0.819. The minimum Gasteiger partial charge on any atom is -0.377 e. The SMILES string of the molecule is CC(Nc1ccc(N(C)C)nc1)c1csc(Cl)c1. The number of nitrogens with zero attached hydrogens (tertiary/aromatic N) is 2. The summed E-state index contributed by atoms with van der Waals surface area (Å²) in [7, 11) is 3.96. The van der Waals surface area contributed by atoms with Crippen LogP contribution in [-0.2, 0) is 0 Å². The summed E-state index contributed by atoms with van der Waals surface area (Å²) in [6.07, 6.45) is 1.85. The molecule has 0 aliphatic heterocycles. The van der Waals surface area contributed by atoms with Gasteiger partial charge >= 0.3 is 0 Å². The Balaban J connectivity index is 2.05. The number of rotatable bonds is 4. The minimum absolute atomic E-state index is 0.223. The summed E-state index contributed by atoms with van der Waals surface area (Å²) >= 11 is 7.49. The molecule has 0 bridgehead atoms. The molecule has 1 atom stereocenters. The second-order valence-corrected chi connectivity index (χ2v) is 5.89. The maximum Gasteiger partial charge on any atom is 0.128 e. The van der Waals surface area contributed by atoms with Gasteiger partial charge in [-0.2, -0.15) is 0 Å². The summed E-state index contributed by atoms with van der Waals surface area (Å²) in [5, 5.41) is 5.48. The van der Waals surface area contributed by atoms with Gasteiger partial charge in [-0.15, -0.1) is 11.3 Å². The van der Waals surface area contributed by atoms with Crippen LogP contribution in [0, 0.1) is 0 Å². The molecule has 0 amide bonds. The van der Waals surface area contributed by atoms with Gasteiger partial charge in [-0.05, 0) is 36.1 Å². The average Bonchev–Trinajstić information content (AvgIpc) is 2.76. The highest BCUT2D eigenvalue weighted by Gasteiger charge is 2.08. The van der Waals surface area contributed by atoms with Crippen LogP contribution in [0.3, 0.4) is 0 Å². The quantitative estimate of drug-likeness (QED) is 0.917. The number of aromatic nitrogens is 1. The van der Waals surface area contributed by atoms with Crippen LogP contribution < -0.4 is 10.2 Å². The van der Waals surface area contributed by atoms with Gasteiger partial charge in [-0.3, -0.25) is 0 Å². The number of nitrogens with one attached hydrogen (secondary N) is 1. The third kappa shape index (κ3) is 3.15. The molecule has 2 rings (SSSR count). The predicted molar refractivity (Wildman–Crippen MR) is 79.9 cm³/mol. The van der Waals surface area contributed by atoms with E-state index in [0.29, 0.717) is 0 Å². The van der Waals surface area contributed by atoms with Gasteiger partial charge in [0, 0.05) is 20.1 Å². The molecule has 1 N–H and O–H groups in total. The van der Waals surface area contributed by atoms with Crippen LogP contribution in [0.4, 0.5) is 11.5 Å². The lowest BCUT2D eigenvalue weighted by atomic mass is 10.2. The molecule has 0 saturated carbocycles. The molecular weight excluding hydrogens is 266 g/mol. The van der Waals surface area contributed by atoms with Crippen LogP contribution in [0.2, 0.25) is 4.34 Å². The first-order chi connectivity index (χ1) is 8.56. The van der Waals surface area contributed by atoms with Gasteiger partial charge in [0.05, 0.1) is 16.2 Å². The molecule has 0 radical (unpaired) electrons. The van der Waals surface area contributed by atoms with Crippen molar-refractivity contribution >= 4 is 34.4 Å². The summed E-state index contributed by atoms with van der Waals surface area (Å²) in [6, 6.07) is 6.24. The molecule has 18 heavy (non-hydrogen) atoms. The van der Waals surface area contributed by atoms with E-state index in [1.807, 2.05) is 43.4 Å². The van der Waals surface area contributed by atoms with Gasteiger partial charge in [0.1, 0.15) is 5.82 Å². The molecule has 5 heteroatoms. The van der Waals surface area contributed by atoms with Gasteiger partial charge in [-0.1, -0.05) is 11.6 Å². The Bertz CT molecular complexity index is 507. The predicted octanol–water partition coefficient (Wildman–Crippen LogP) is 4.04. The van der Waals surface area contributed by atoms with Crippen molar-refractivity contribution in [2.24, 2.45) is 0 Å². The molecule has 2 aromatic heterocycles. The Labute approximate surface area is 116 Å². The Morgan fingerprint density at radius 2 is 2.17 bits per heavy atom. The van der Waals surface area contributed by atoms with E-state index in [9.17, 15) is 0 Å². The maximum absolute atomic E-state index is 5.94. The van der Waals surface area contributed by atoms with Crippen LogP contribution >= 0.6 is 22.9 Å². The van der Waals surface area contributed by atoms with E-state index in [2.05, 4.69) is 22.6 Å². The number of pyridine rings is 1. The molecule has 0 aromatic carbocycles. The smallest absolute Gasteiger partial charge is 0.128 e. The maximum atomic E-state index is 5.94. The van der Waals surface area contributed by atoms with Crippen molar-refractivity contribution in [2.45, 2.75) is 13.0 Å². The van der Waals surface area contributed by atoms with Crippen LogP contribution in [0.5, 0.6) is 0 Å². The molecule has 0 aliphatic carbocycles. The van der Waals surface area contributed by atoms with E-state index in [-0.39, 0.29) is 6.04 Å². The highest BCUT2D eigenvalue weighted by molar-refractivity contribution is 7.14. The van der Waals surface area contributed by atoms with E-state index in [1.54, 1.807) is 11.3 Å². The van der Waals surface area contributed by atoms with E-state index in [0.717, 1.165) is 15.8 Å². The third-order valence-electron chi connectivity index (χ3n) is 2.68. The Morgan fingerprint density at radius 3 is 2.67 bits per heavy atom. The zero-order valence-electron chi connectivity index (χ0n) is 10.6. The lowest BCUT2D eigenvalue weighted by molar-refractivity contribution is 0.888.